The molecule has 0 aliphatic rings. The van der Waals surface area contributed by atoms with Crippen molar-refractivity contribution in [3.63, 3.8) is 0 Å². The molecule has 0 fully saturated rings. The monoisotopic (exact) mass is 815 g/mol. The molecule has 334 valence electrons. The topological polar surface area (TPSA) is 108 Å². The van der Waals surface area contributed by atoms with Crippen LogP contribution in [0.4, 0.5) is 0 Å². The van der Waals surface area contributed by atoms with E-state index in [1.165, 1.54) is 167 Å². The molecule has 0 aromatic carbocycles. The number of phosphoric acid groups is 1. The molecule has 0 aliphatic carbocycles. The van der Waals surface area contributed by atoms with E-state index in [-0.39, 0.29) is 19.1 Å². The number of rotatable bonds is 44. The Morgan fingerprint density at radius 3 is 1.39 bits per heavy atom. The minimum Gasteiger partial charge on any atom is -0.756 e. The standard InChI is InChI=1S/C47H95N2O6P/c1-6-8-10-12-14-16-18-19-20-21-22-23-24-25-26-27-28-29-31-33-35-37-39-41-47(51)48-45(44-55-56(52,53)54-43-42-49(3,4)5)46(50)40-38-36-34-32-30-17-15-13-11-9-7-2/h25-26,45-46,50H,6-24,27-44H2,1-5H3,(H-,48,51,52,53)/b26-25-. The lowest BCUT2D eigenvalue weighted by Gasteiger charge is -2.30. The minimum atomic E-state index is -4.56. The van der Waals surface area contributed by atoms with Gasteiger partial charge in [0.05, 0.1) is 39.9 Å². The van der Waals surface area contributed by atoms with E-state index in [9.17, 15) is 19.4 Å². The Kier molecular flexibility index (Phi) is 39.1. The Labute approximate surface area is 348 Å². The first-order valence-corrected chi connectivity index (χ1v) is 25.5. The van der Waals surface area contributed by atoms with Crippen molar-refractivity contribution in [2.24, 2.45) is 0 Å². The number of carbonyl (C=O) groups excluding carboxylic acids is 1. The number of unbranched alkanes of at least 4 members (excludes halogenated alkanes) is 29. The van der Waals surface area contributed by atoms with Crippen molar-refractivity contribution in [1.29, 1.82) is 0 Å². The SMILES string of the molecule is CCCCCCCCCCCCCC/C=C\CCCCCCCCCC(=O)NC(COP(=O)([O-])OCC[N+](C)(C)C)C(O)CCCCCCCCCCCCC. The highest BCUT2D eigenvalue weighted by Gasteiger charge is 2.24. The lowest BCUT2D eigenvalue weighted by atomic mass is 10.0. The van der Waals surface area contributed by atoms with E-state index in [0.29, 0.717) is 23.9 Å². The van der Waals surface area contributed by atoms with Crippen molar-refractivity contribution in [3.05, 3.63) is 12.2 Å². The van der Waals surface area contributed by atoms with E-state index in [4.69, 9.17) is 9.05 Å². The predicted octanol–water partition coefficient (Wildman–Crippen LogP) is 12.9. The highest BCUT2D eigenvalue weighted by atomic mass is 31.2. The molecule has 0 aromatic heterocycles. The lowest BCUT2D eigenvalue weighted by Crippen LogP contribution is -2.46. The van der Waals surface area contributed by atoms with Crippen molar-refractivity contribution in [1.82, 2.24) is 5.32 Å². The number of hydrogen-bond acceptors (Lipinski definition) is 6. The molecule has 0 heterocycles. The van der Waals surface area contributed by atoms with Gasteiger partial charge in [0, 0.05) is 6.42 Å². The molecule has 9 heteroatoms. The average molecular weight is 815 g/mol. The number of likely N-dealkylation sites (N-methyl/N-ethyl adjacent to an activating group) is 1. The van der Waals surface area contributed by atoms with Crippen molar-refractivity contribution in [2.75, 3.05) is 40.9 Å². The Bertz CT molecular complexity index is 927. The van der Waals surface area contributed by atoms with Gasteiger partial charge >= 0.3 is 0 Å². The van der Waals surface area contributed by atoms with Crippen LogP contribution < -0.4 is 10.2 Å². The summed E-state index contributed by atoms with van der Waals surface area (Å²) in [6.07, 6.45) is 45.1. The normalized spacial score (nSPS) is 14.3. The Hall–Kier alpha value is -0.760. The van der Waals surface area contributed by atoms with E-state index in [2.05, 4.69) is 31.3 Å². The number of amides is 1. The lowest BCUT2D eigenvalue weighted by molar-refractivity contribution is -0.870. The highest BCUT2D eigenvalue weighted by molar-refractivity contribution is 7.45. The van der Waals surface area contributed by atoms with Gasteiger partial charge in [-0.2, -0.15) is 0 Å². The fourth-order valence-electron chi connectivity index (χ4n) is 7.15. The summed E-state index contributed by atoms with van der Waals surface area (Å²) in [6.45, 7) is 4.72. The maximum Gasteiger partial charge on any atom is 0.268 e. The summed E-state index contributed by atoms with van der Waals surface area (Å²) in [5, 5.41) is 13.9. The molecule has 0 aliphatic heterocycles. The van der Waals surface area contributed by atoms with E-state index < -0.39 is 20.0 Å². The smallest absolute Gasteiger partial charge is 0.268 e. The van der Waals surface area contributed by atoms with Gasteiger partial charge in [0.15, 0.2) is 0 Å². The third kappa shape index (κ3) is 41.4. The third-order valence-electron chi connectivity index (χ3n) is 11.0. The number of aliphatic hydroxyl groups excluding tert-OH is 1. The number of carbonyl (C=O) groups is 1. The molecule has 1 amide bonds. The van der Waals surface area contributed by atoms with Crippen LogP contribution in [0.1, 0.15) is 232 Å². The minimum absolute atomic E-state index is 0.0131. The van der Waals surface area contributed by atoms with Gasteiger partial charge in [0.1, 0.15) is 13.2 Å². The van der Waals surface area contributed by atoms with Crippen LogP contribution in [0.5, 0.6) is 0 Å². The van der Waals surface area contributed by atoms with Crippen LogP contribution >= 0.6 is 7.82 Å². The molecule has 0 saturated heterocycles. The van der Waals surface area contributed by atoms with Crippen LogP contribution in [0.3, 0.4) is 0 Å². The Balaban J connectivity index is 4.18. The molecule has 3 unspecified atom stereocenters. The second kappa shape index (κ2) is 39.7. The van der Waals surface area contributed by atoms with Crippen LogP contribution in [0, 0.1) is 0 Å². The van der Waals surface area contributed by atoms with E-state index in [1.807, 2.05) is 21.1 Å². The van der Waals surface area contributed by atoms with Crippen molar-refractivity contribution in [3.8, 4) is 0 Å². The summed E-state index contributed by atoms with van der Waals surface area (Å²) in [6, 6.07) is -0.798. The van der Waals surface area contributed by atoms with Crippen LogP contribution in [0.2, 0.25) is 0 Å². The third-order valence-corrected chi connectivity index (χ3v) is 12.0. The molecule has 3 atom stereocenters. The summed E-state index contributed by atoms with van der Waals surface area (Å²) < 4.78 is 23.3. The summed E-state index contributed by atoms with van der Waals surface area (Å²) >= 11 is 0. The van der Waals surface area contributed by atoms with Crippen molar-refractivity contribution in [2.45, 2.75) is 244 Å². The first-order chi connectivity index (χ1) is 27.0. The van der Waals surface area contributed by atoms with Crippen LogP contribution in [0.25, 0.3) is 0 Å². The number of phosphoric ester groups is 1. The largest absolute Gasteiger partial charge is 0.756 e. The first-order valence-electron chi connectivity index (χ1n) is 24.0. The first kappa shape index (κ1) is 55.2. The maximum atomic E-state index is 12.9. The highest BCUT2D eigenvalue weighted by Crippen LogP contribution is 2.38. The number of hydrogen-bond donors (Lipinski definition) is 2. The quantitative estimate of drug-likeness (QED) is 0.0274. The predicted molar refractivity (Wildman–Crippen MR) is 238 cm³/mol. The summed E-state index contributed by atoms with van der Waals surface area (Å²) in [7, 11) is 1.31. The van der Waals surface area contributed by atoms with Gasteiger partial charge in [0.25, 0.3) is 7.82 Å². The van der Waals surface area contributed by atoms with Gasteiger partial charge in [0.2, 0.25) is 5.91 Å². The average Bonchev–Trinajstić information content (AvgIpc) is 3.15. The molecule has 0 radical (unpaired) electrons. The maximum absolute atomic E-state index is 12.9. The van der Waals surface area contributed by atoms with E-state index in [0.717, 1.165) is 38.5 Å². The second-order valence-electron chi connectivity index (χ2n) is 17.8. The van der Waals surface area contributed by atoms with E-state index in [1.54, 1.807) is 0 Å². The van der Waals surface area contributed by atoms with Crippen LogP contribution in [-0.2, 0) is 18.4 Å². The molecule has 0 rings (SSSR count). The number of aliphatic hydroxyl groups is 1. The molecule has 2 N–H and O–H groups in total. The van der Waals surface area contributed by atoms with Crippen LogP contribution in [-0.4, -0.2) is 68.5 Å². The Morgan fingerprint density at radius 1 is 0.607 bits per heavy atom. The molecular formula is C47H95N2O6P. The van der Waals surface area contributed by atoms with Gasteiger partial charge in [-0.1, -0.05) is 199 Å². The molecule has 0 bridgehead atoms. The van der Waals surface area contributed by atoms with Gasteiger partial charge in [-0.15, -0.1) is 0 Å². The van der Waals surface area contributed by atoms with Gasteiger partial charge in [-0.25, -0.2) is 0 Å². The molecule has 8 nitrogen and oxygen atoms in total. The summed E-state index contributed by atoms with van der Waals surface area (Å²) in [4.78, 5) is 25.3. The fraction of sp³-hybridized carbons (Fsp3) is 0.936. The van der Waals surface area contributed by atoms with Gasteiger partial charge in [-0.05, 0) is 38.5 Å². The summed E-state index contributed by atoms with van der Waals surface area (Å²) in [5.74, 6) is -0.168. The summed E-state index contributed by atoms with van der Waals surface area (Å²) in [5.41, 5.74) is 0. The van der Waals surface area contributed by atoms with Gasteiger partial charge in [-0.3, -0.25) is 9.36 Å². The molecule has 0 aromatic rings. The zero-order valence-corrected chi connectivity index (χ0v) is 38.7. The van der Waals surface area contributed by atoms with Crippen LogP contribution in [0.15, 0.2) is 12.2 Å². The fourth-order valence-corrected chi connectivity index (χ4v) is 7.88. The second-order valence-corrected chi connectivity index (χ2v) is 19.2. The number of nitrogens with one attached hydrogen (secondary N) is 1. The number of quaternary nitrogens is 1. The van der Waals surface area contributed by atoms with Crippen molar-refractivity contribution >= 4 is 13.7 Å². The number of allylic oxidation sites excluding steroid dienone is 2. The van der Waals surface area contributed by atoms with Gasteiger partial charge < -0.3 is 28.8 Å². The number of nitrogens with zero attached hydrogens (tertiary/aromatic N) is 1. The molecule has 0 saturated carbocycles. The Morgan fingerprint density at radius 2 is 0.982 bits per heavy atom. The zero-order chi connectivity index (χ0) is 41.4. The van der Waals surface area contributed by atoms with Crippen molar-refractivity contribution < 1.29 is 32.9 Å². The molecular weight excluding hydrogens is 719 g/mol. The van der Waals surface area contributed by atoms with E-state index >= 15 is 0 Å². The molecule has 0 spiro atoms. The molecule has 56 heavy (non-hydrogen) atoms. The zero-order valence-electron chi connectivity index (χ0n) is 37.9.